The highest BCUT2D eigenvalue weighted by atomic mass is 35.5. The van der Waals surface area contributed by atoms with Crippen molar-refractivity contribution in [3.8, 4) is 11.5 Å². The molecule has 21 heavy (non-hydrogen) atoms. The average molecular weight is 328 g/mol. The summed E-state index contributed by atoms with van der Waals surface area (Å²) >= 11 is 11.6. The fourth-order valence-electron chi connectivity index (χ4n) is 2.15. The molecule has 0 aromatic heterocycles. The molecule has 110 valence electrons. The number of benzene rings is 2. The van der Waals surface area contributed by atoms with Gasteiger partial charge >= 0.3 is 0 Å². The van der Waals surface area contributed by atoms with E-state index >= 15 is 0 Å². The number of rotatable bonds is 3. The molecule has 0 saturated carbocycles. The van der Waals surface area contributed by atoms with E-state index in [1.165, 1.54) is 12.1 Å². The third-order valence-electron chi connectivity index (χ3n) is 3.26. The average Bonchev–Trinajstić information content (AvgIpc) is 2.91. The Morgan fingerprint density at radius 3 is 2.48 bits per heavy atom. The van der Waals surface area contributed by atoms with Gasteiger partial charge in [-0.15, -0.1) is 0 Å². The lowest BCUT2D eigenvalue weighted by Crippen LogP contribution is -2.06. The van der Waals surface area contributed by atoms with Gasteiger partial charge in [0.15, 0.2) is 17.3 Å². The molecule has 3 rings (SSSR count). The fraction of sp³-hybridized carbons (Fsp3) is 0.200. The zero-order chi connectivity index (χ0) is 15.0. The topological polar surface area (TPSA) is 30.5 Å². The Morgan fingerprint density at radius 1 is 1.10 bits per heavy atom. The van der Waals surface area contributed by atoms with Gasteiger partial charge in [0.05, 0.1) is 10.0 Å². The summed E-state index contributed by atoms with van der Waals surface area (Å²) in [7, 11) is 0. The zero-order valence-electron chi connectivity index (χ0n) is 11.1. The lowest BCUT2D eigenvalue weighted by atomic mass is 10.1. The monoisotopic (exact) mass is 327 g/mol. The van der Waals surface area contributed by atoms with Gasteiger partial charge in [-0.2, -0.15) is 0 Å². The summed E-state index contributed by atoms with van der Waals surface area (Å²) in [5, 5.41) is 3.20. The van der Waals surface area contributed by atoms with E-state index in [1.807, 2.05) is 25.1 Å². The molecular formula is C15H12Cl2FNO2. The first-order valence-corrected chi connectivity index (χ1v) is 7.11. The van der Waals surface area contributed by atoms with Crippen LogP contribution in [0.15, 0.2) is 30.3 Å². The molecule has 0 spiro atoms. The first-order chi connectivity index (χ1) is 10.0. The van der Waals surface area contributed by atoms with Gasteiger partial charge in [0.25, 0.3) is 0 Å². The molecule has 2 aromatic rings. The van der Waals surface area contributed by atoms with Gasteiger partial charge in [-0.1, -0.05) is 29.3 Å². The molecule has 0 radical (unpaired) electrons. The van der Waals surface area contributed by atoms with Gasteiger partial charge < -0.3 is 14.8 Å². The summed E-state index contributed by atoms with van der Waals surface area (Å²) in [5.41, 5.74) is 1.66. The Labute approximate surface area is 131 Å². The molecule has 1 heterocycles. The van der Waals surface area contributed by atoms with Crippen LogP contribution in [0.25, 0.3) is 0 Å². The van der Waals surface area contributed by atoms with E-state index in [0.717, 1.165) is 17.1 Å². The Hall–Kier alpha value is -1.65. The minimum absolute atomic E-state index is 0.0112. The Bertz CT molecular complexity index is 670. The van der Waals surface area contributed by atoms with Crippen LogP contribution in [-0.2, 0) is 0 Å². The van der Waals surface area contributed by atoms with Gasteiger partial charge in [0.1, 0.15) is 0 Å². The molecule has 0 bridgehead atoms. The summed E-state index contributed by atoms with van der Waals surface area (Å²) < 4.78 is 24.0. The molecule has 0 aliphatic carbocycles. The lowest BCUT2D eigenvalue weighted by Gasteiger charge is -2.17. The number of anilines is 1. The SMILES string of the molecule is CC(Nc1cc(Cl)c(F)c(Cl)c1)c1ccc2c(c1)OCO2. The molecule has 0 amide bonds. The van der Waals surface area contributed by atoms with E-state index in [-0.39, 0.29) is 22.9 Å². The smallest absolute Gasteiger partial charge is 0.231 e. The normalized spacial score (nSPS) is 14.1. The van der Waals surface area contributed by atoms with Crippen molar-refractivity contribution in [3.05, 3.63) is 51.8 Å². The van der Waals surface area contributed by atoms with Crippen molar-refractivity contribution in [2.45, 2.75) is 13.0 Å². The first-order valence-electron chi connectivity index (χ1n) is 6.35. The highest BCUT2D eigenvalue weighted by molar-refractivity contribution is 6.35. The van der Waals surface area contributed by atoms with Crippen molar-refractivity contribution in [1.82, 2.24) is 0 Å². The minimum Gasteiger partial charge on any atom is -0.454 e. The van der Waals surface area contributed by atoms with Gasteiger partial charge in [0.2, 0.25) is 6.79 Å². The standard InChI is InChI=1S/C15H12Cl2FNO2/c1-8(9-2-3-13-14(4-9)21-7-20-13)19-10-5-11(16)15(18)12(17)6-10/h2-6,8,19H,7H2,1H3. The second-order valence-corrected chi connectivity index (χ2v) is 5.55. The van der Waals surface area contributed by atoms with Gasteiger partial charge in [-0.25, -0.2) is 4.39 Å². The molecule has 1 aliphatic rings. The molecule has 1 unspecified atom stereocenters. The van der Waals surface area contributed by atoms with Crippen molar-refractivity contribution < 1.29 is 13.9 Å². The zero-order valence-corrected chi connectivity index (χ0v) is 12.6. The van der Waals surface area contributed by atoms with E-state index < -0.39 is 5.82 Å². The molecule has 1 aliphatic heterocycles. The quantitative estimate of drug-likeness (QED) is 0.801. The van der Waals surface area contributed by atoms with Gasteiger partial charge in [-0.05, 0) is 36.8 Å². The molecule has 6 heteroatoms. The van der Waals surface area contributed by atoms with Crippen LogP contribution in [0, 0.1) is 5.82 Å². The maximum atomic E-state index is 13.4. The first kappa shape index (κ1) is 14.3. The third-order valence-corrected chi connectivity index (χ3v) is 3.81. The summed E-state index contributed by atoms with van der Waals surface area (Å²) in [6.07, 6.45) is 0. The maximum absolute atomic E-state index is 13.4. The highest BCUT2D eigenvalue weighted by Gasteiger charge is 2.16. The minimum atomic E-state index is -0.611. The number of hydrogen-bond donors (Lipinski definition) is 1. The summed E-state index contributed by atoms with van der Waals surface area (Å²) in [4.78, 5) is 0. The molecule has 3 nitrogen and oxygen atoms in total. The lowest BCUT2D eigenvalue weighted by molar-refractivity contribution is 0.174. The van der Waals surface area contributed by atoms with Crippen molar-refractivity contribution in [3.63, 3.8) is 0 Å². The van der Waals surface area contributed by atoms with Crippen LogP contribution >= 0.6 is 23.2 Å². The van der Waals surface area contributed by atoms with Crippen molar-refractivity contribution in [1.29, 1.82) is 0 Å². The summed E-state index contributed by atoms with van der Waals surface area (Å²) in [6.45, 7) is 2.21. The summed E-state index contributed by atoms with van der Waals surface area (Å²) in [6, 6.07) is 8.70. The largest absolute Gasteiger partial charge is 0.454 e. The number of fused-ring (bicyclic) bond motifs is 1. The number of hydrogen-bond acceptors (Lipinski definition) is 3. The van der Waals surface area contributed by atoms with E-state index in [0.29, 0.717) is 5.69 Å². The van der Waals surface area contributed by atoms with Crippen LogP contribution in [0.5, 0.6) is 11.5 Å². The third kappa shape index (κ3) is 2.87. The number of halogens is 3. The molecule has 2 aromatic carbocycles. The van der Waals surface area contributed by atoms with Crippen molar-refractivity contribution in [2.75, 3.05) is 12.1 Å². The molecular weight excluding hydrogens is 316 g/mol. The Balaban J connectivity index is 1.81. The van der Waals surface area contributed by atoms with E-state index in [1.54, 1.807) is 0 Å². The van der Waals surface area contributed by atoms with E-state index in [4.69, 9.17) is 32.7 Å². The molecule has 0 saturated heterocycles. The van der Waals surface area contributed by atoms with Crippen LogP contribution < -0.4 is 14.8 Å². The number of nitrogens with one attached hydrogen (secondary N) is 1. The Kier molecular flexibility index (Phi) is 3.83. The van der Waals surface area contributed by atoms with Crippen molar-refractivity contribution in [2.24, 2.45) is 0 Å². The second-order valence-electron chi connectivity index (χ2n) is 4.73. The Morgan fingerprint density at radius 2 is 1.76 bits per heavy atom. The predicted molar refractivity (Wildman–Crippen MR) is 81.0 cm³/mol. The van der Waals surface area contributed by atoms with Crippen LogP contribution in [0.3, 0.4) is 0 Å². The van der Waals surface area contributed by atoms with Gasteiger partial charge in [-0.3, -0.25) is 0 Å². The van der Waals surface area contributed by atoms with Gasteiger partial charge in [0, 0.05) is 11.7 Å². The number of ether oxygens (including phenoxy) is 2. The van der Waals surface area contributed by atoms with Crippen LogP contribution in [0.4, 0.5) is 10.1 Å². The molecule has 1 N–H and O–H groups in total. The van der Waals surface area contributed by atoms with Crippen LogP contribution in [-0.4, -0.2) is 6.79 Å². The molecule has 0 fully saturated rings. The molecule has 1 atom stereocenters. The second kappa shape index (κ2) is 5.62. The highest BCUT2D eigenvalue weighted by Crippen LogP contribution is 2.35. The van der Waals surface area contributed by atoms with Crippen LogP contribution in [0.2, 0.25) is 10.0 Å². The predicted octanol–water partition coefficient (Wildman–Crippen LogP) is 5.03. The van der Waals surface area contributed by atoms with E-state index in [9.17, 15) is 4.39 Å². The van der Waals surface area contributed by atoms with E-state index in [2.05, 4.69) is 5.32 Å². The van der Waals surface area contributed by atoms with Crippen LogP contribution in [0.1, 0.15) is 18.5 Å². The maximum Gasteiger partial charge on any atom is 0.231 e. The summed E-state index contributed by atoms with van der Waals surface area (Å²) in [5.74, 6) is 0.842. The fourth-order valence-corrected chi connectivity index (χ4v) is 2.64. The van der Waals surface area contributed by atoms with Crippen molar-refractivity contribution >= 4 is 28.9 Å².